The summed E-state index contributed by atoms with van der Waals surface area (Å²) in [5.74, 6) is -0.0292. The molecule has 0 fully saturated rings. The second-order valence-corrected chi connectivity index (χ2v) is 7.39. The second kappa shape index (κ2) is 5.84. The summed E-state index contributed by atoms with van der Waals surface area (Å²) in [6, 6.07) is 4.97. The van der Waals surface area contributed by atoms with Crippen molar-refractivity contribution in [3.05, 3.63) is 40.0 Å². The van der Waals surface area contributed by atoms with Crippen LogP contribution in [0.25, 0.3) is 0 Å². The van der Waals surface area contributed by atoms with Crippen LogP contribution in [0.4, 0.5) is 5.82 Å². The first-order valence-corrected chi connectivity index (χ1v) is 8.11. The first-order chi connectivity index (χ1) is 9.71. The van der Waals surface area contributed by atoms with Gasteiger partial charge in [0.1, 0.15) is 4.90 Å². The van der Waals surface area contributed by atoms with Crippen LogP contribution in [-0.4, -0.2) is 29.6 Å². The minimum absolute atomic E-state index is 0.0208. The first kappa shape index (κ1) is 16.1. The van der Waals surface area contributed by atoms with Crippen molar-refractivity contribution in [1.82, 2.24) is 14.1 Å². The summed E-state index contributed by atoms with van der Waals surface area (Å²) in [5.41, 5.74) is 6.35. The van der Waals surface area contributed by atoms with E-state index in [0.29, 0.717) is 10.0 Å². The average Bonchev–Trinajstić information content (AvgIpc) is 2.73. The van der Waals surface area contributed by atoms with Crippen molar-refractivity contribution < 1.29 is 8.42 Å². The van der Waals surface area contributed by atoms with Gasteiger partial charge in [0.2, 0.25) is 10.0 Å². The van der Waals surface area contributed by atoms with Gasteiger partial charge in [-0.25, -0.2) is 8.42 Å². The minimum Gasteiger partial charge on any atom is -0.381 e. The lowest BCUT2D eigenvalue weighted by Gasteiger charge is -2.16. The van der Waals surface area contributed by atoms with Crippen LogP contribution in [0.2, 0.25) is 10.0 Å². The van der Waals surface area contributed by atoms with Crippen LogP contribution in [0.1, 0.15) is 5.56 Å². The number of nitrogens with two attached hydrogens (primary N) is 1. The molecule has 2 N–H and O–H groups in total. The Morgan fingerprint density at radius 2 is 2.00 bits per heavy atom. The summed E-state index contributed by atoms with van der Waals surface area (Å²) in [6.07, 6.45) is 1.37. The molecule has 0 unspecified atom stereocenters. The number of aromatic nitrogens is 2. The summed E-state index contributed by atoms with van der Waals surface area (Å²) >= 11 is 11.8. The molecule has 114 valence electrons. The number of nitrogen functional groups attached to an aromatic ring is 1. The van der Waals surface area contributed by atoms with Gasteiger partial charge < -0.3 is 5.73 Å². The fourth-order valence-electron chi connectivity index (χ4n) is 1.83. The number of halogens is 2. The van der Waals surface area contributed by atoms with E-state index in [-0.39, 0.29) is 17.3 Å². The third kappa shape index (κ3) is 3.32. The quantitative estimate of drug-likeness (QED) is 0.917. The highest BCUT2D eigenvalue weighted by atomic mass is 35.5. The first-order valence-electron chi connectivity index (χ1n) is 5.91. The fourth-order valence-corrected chi connectivity index (χ4v) is 3.40. The molecule has 1 heterocycles. The average molecular weight is 349 g/mol. The fraction of sp³-hybridized carbons (Fsp3) is 0.250. The number of nitrogens with zero attached hydrogens (tertiary/aromatic N) is 3. The standard InChI is InChI=1S/C12H14Cl2N4O2S/c1-17-7-11(12(15)16-17)21(19,20)18(2)6-8-3-4-9(13)10(14)5-8/h3-5,7H,6H2,1-2H3,(H2,15,16). The molecule has 1 aromatic carbocycles. The van der Waals surface area contributed by atoms with Gasteiger partial charge in [-0.05, 0) is 17.7 Å². The Morgan fingerprint density at radius 3 is 2.52 bits per heavy atom. The highest BCUT2D eigenvalue weighted by Gasteiger charge is 2.25. The Bertz CT molecular complexity index is 774. The highest BCUT2D eigenvalue weighted by Crippen LogP contribution is 2.25. The van der Waals surface area contributed by atoms with Gasteiger partial charge in [-0.1, -0.05) is 29.3 Å². The van der Waals surface area contributed by atoms with Gasteiger partial charge in [0.05, 0.1) is 10.0 Å². The van der Waals surface area contributed by atoms with Crippen molar-refractivity contribution in [1.29, 1.82) is 0 Å². The Morgan fingerprint density at radius 1 is 1.33 bits per heavy atom. The molecule has 21 heavy (non-hydrogen) atoms. The molecule has 0 saturated heterocycles. The summed E-state index contributed by atoms with van der Waals surface area (Å²) in [6.45, 7) is 0.146. The lowest BCUT2D eigenvalue weighted by atomic mass is 10.2. The lowest BCUT2D eigenvalue weighted by Crippen LogP contribution is -2.26. The summed E-state index contributed by atoms with van der Waals surface area (Å²) in [4.78, 5) is -0.0208. The minimum atomic E-state index is -3.72. The Balaban J connectivity index is 2.28. The van der Waals surface area contributed by atoms with Gasteiger partial charge in [0, 0.05) is 26.8 Å². The molecule has 0 saturated carbocycles. The summed E-state index contributed by atoms with van der Waals surface area (Å²) in [7, 11) is -0.653. The van der Waals surface area contributed by atoms with Gasteiger partial charge in [0.15, 0.2) is 5.82 Å². The van der Waals surface area contributed by atoms with Crippen molar-refractivity contribution in [3.63, 3.8) is 0 Å². The molecule has 2 aromatic rings. The Labute approximate surface area is 133 Å². The number of sulfonamides is 1. The zero-order valence-electron chi connectivity index (χ0n) is 11.4. The van der Waals surface area contributed by atoms with E-state index in [9.17, 15) is 8.42 Å². The zero-order valence-corrected chi connectivity index (χ0v) is 13.7. The van der Waals surface area contributed by atoms with Crippen molar-refractivity contribution in [2.45, 2.75) is 11.4 Å². The maximum Gasteiger partial charge on any atom is 0.248 e. The maximum absolute atomic E-state index is 12.5. The molecule has 1 aromatic heterocycles. The predicted molar refractivity (Wildman–Crippen MR) is 82.7 cm³/mol. The summed E-state index contributed by atoms with van der Waals surface area (Å²) in [5, 5.41) is 4.64. The molecule has 9 heteroatoms. The second-order valence-electron chi connectivity index (χ2n) is 4.56. The van der Waals surface area contributed by atoms with Gasteiger partial charge in [-0.3, -0.25) is 4.68 Å². The molecule has 0 radical (unpaired) electrons. The third-order valence-electron chi connectivity index (χ3n) is 2.90. The van der Waals surface area contributed by atoms with Crippen LogP contribution < -0.4 is 5.73 Å². The molecule has 0 atom stereocenters. The molecule has 0 aliphatic rings. The number of benzene rings is 1. The molecular formula is C12H14Cl2N4O2S. The van der Waals surface area contributed by atoms with Crippen LogP contribution >= 0.6 is 23.2 Å². The van der Waals surface area contributed by atoms with E-state index >= 15 is 0 Å². The maximum atomic E-state index is 12.5. The normalized spacial score (nSPS) is 12.0. The lowest BCUT2D eigenvalue weighted by molar-refractivity contribution is 0.467. The van der Waals surface area contributed by atoms with Crippen molar-refractivity contribution >= 4 is 39.0 Å². The van der Waals surface area contributed by atoms with Crippen LogP contribution in [-0.2, 0) is 23.6 Å². The van der Waals surface area contributed by atoms with Crippen molar-refractivity contribution in [2.24, 2.45) is 7.05 Å². The molecule has 2 rings (SSSR count). The van der Waals surface area contributed by atoms with Gasteiger partial charge in [-0.2, -0.15) is 9.40 Å². The van der Waals surface area contributed by atoms with Gasteiger partial charge >= 0.3 is 0 Å². The van der Waals surface area contributed by atoms with E-state index in [2.05, 4.69) is 5.10 Å². The van der Waals surface area contributed by atoms with Gasteiger partial charge in [0.25, 0.3) is 0 Å². The number of rotatable bonds is 4. The molecule has 0 aliphatic heterocycles. The Kier molecular flexibility index (Phi) is 4.48. The van der Waals surface area contributed by atoms with E-state index in [1.807, 2.05) is 0 Å². The number of hydrogen-bond acceptors (Lipinski definition) is 4. The SMILES string of the molecule is CN(Cc1ccc(Cl)c(Cl)c1)S(=O)(=O)c1cn(C)nc1N. The topological polar surface area (TPSA) is 81.2 Å². The zero-order chi connectivity index (χ0) is 15.8. The molecule has 0 aliphatic carbocycles. The van der Waals surface area contributed by atoms with Crippen LogP contribution in [0.3, 0.4) is 0 Å². The van der Waals surface area contributed by atoms with Crippen molar-refractivity contribution in [2.75, 3.05) is 12.8 Å². The number of aryl methyl sites for hydroxylation is 1. The highest BCUT2D eigenvalue weighted by molar-refractivity contribution is 7.89. The van der Waals surface area contributed by atoms with Crippen molar-refractivity contribution in [3.8, 4) is 0 Å². The molecule has 0 amide bonds. The molecule has 0 spiro atoms. The Hall–Kier alpha value is -1.28. The molecule has 6 nitrogen and oxygen atoms in total. The van der Waals surface area contributed by atoms with E-state index in [0.717, 1.165) is 5.56 Å². The van der Waals surface area contributed by atoms with E-state index in [1.165, 1.54) is 22.2 Å². The summed E-state index contributed by atoms with van der Waals surface area (Å²) < 4.78 is 27.4. The van der Waals surface area contributed by atoms with Crippen LogP contribution in [0, 0.1) is 0 Å². The molecule has 0 bridgehead atoms. The largest absolute Gasteiger partial charge is 0.381 e. The number of hydrogen-bond donors (Lipinski definition) is 1. The van der Waals surface area contributed by atoms with E-state index in [4.69, 9.17) is 28.9 Å². The predicted octanol–water partition coefficient (Wildman–Crippen LogP) is 2.13. The monoisotopic (exact) mass is 348 g/mol. The number of anilines is 1. The smallest absolute Gasteiger partial charge is 0.248 e. The van der Waals surface area contributed by atoms with E-state index < -0.39 is 10.0 Å². The third-order valence-corrected chi connectivity index (χ3v) is 5.46. The van der Waals surface area contributed by atoms with Gasteiger partial charge in [-0.15, -0.1) is 0 Å². The van der Waals surface area contributed by atoms with E-state index in [1.54, 1.807) is 25.2 Å². The van der Waals surface area contributed by atoms with Crippen LogP contribution in [0.5, 0.6) is 0 Å². The molecular weight excluding hydrogens is 335 g/mol. The van der Waals surface area contributed by atoms with Crippen LogP contribution in [0.15, 0.2) is 29.3 Å².